The molecule has 22 heavy (non-hydrogen) atoms. The van der Waals surface area contributed by atoms with Crippen LogP contribution in [0.1, 0.15) is 41.2 Å². The fraction of sp³-hybridized carbons (Fsp3) is 0.467. The lowest BCUT2D eigenvalue weighted by molar-refractivity contribution is 0.156. The summed E-state index contributed by atoms with van der Waals surface area (Å²) in [6.45, 7) is 6.04. The number of hydrogen-bond donors (Lipinski definition) is 2. The van der Waals surface area contributed by atoms with Crippen LogP contribution in [-0.2, 0) is 4.74 Å². The number of nitrogens with one attached hydrogen (secondary N) is 2. The number of nitrogens with zero attached hydrogens (tertiary/aromatic N) is 1. The largest absolute Gasteiger partial charge is 0.464 e. The highest BCUT2D eigenvalue weighted by atomic mass is 32.1. The number of aromatic nitrogens is 1. The van der Waals surface area contributed by atoms with E-state index in [1.807, 2.05) is 38.3 Å². The Kier molecular flexibility index (Phi) is 5.57. The van der Waals surface area contributed by atoms with Crippen LogP contribution >= 0.6 is 11.3 Å². The van der Waals surface area contributed by atoms with E-state index in [2.05, 4.69) is 15.6 Å². The summed E-state index contributed by atoms with van der Waals surface area (Å²) >= 11 is 1.56. The molecule has 0 aromatic carbocycles. The van der Waals surface area contributed by atoms with Gasteiger partial charge in [0.2, 0.25) is 0 Å². The predicted octanol–water partition coefficient (Wildman–Crippen LogP) is 3.10. The van der Waals surface area contributed by atoms with E-state index in [1.54, 1.807) is 18.4 Å². The van der Waals surface area contributed by atoms with Crippen molar-refractivity contribution in [1.82, 2.24) is 15.6 Å². The second-order valence-electron chi connectivity index (χ2n) is 5.09. The van der Waals surface area contributed by atoms with Gasteiger partial charge in [0.25, 0.3) is 0 Å². The molecule has 0 fully saturated rings. The first-order valence-corrected chi connectivity index (χ1v) is 7.92. The van der Waals surface area contributed by atoms with Crippen molar-refractivity contribution in [2.75, 3.05) is 13.7 Å². The number of thiazole rings is 1. The monoisotopic (exact) mass is 323 g/mol. The molecule has 7 heteroatoms. The summed E-state index contributed by atoms with van der Waals surface area (Å²) in [5, 5.41) is 8.66. The maximum Gasteiger partial charge on any atom is 0.315 e. The molecule has 0 unspecified atom stereocenters. The van der Waals surface area contributed by atoms with E-state index < -0.39 is 0 Å². The number of furan rings is 1. The van der Waals surface area contributed by atoms with Gasteiger partial charge in [0.1, 0.15) is 17.6 Å². The fourth-order valence-corrected chi connectivity index (χ4v) is 2.76. The average Bonchev–Trinajstić information content (AvgIpc) is 3.07. The summed E-state index contributed by atoms with van der Waals surface area (Å²) in [7, 11) is 1.59. The molecule has 0 saturated heterocycles. The number of aryl methyl sites for hydroxylation is 2. The van der Waals surface area contributed by atoms with Crippen molar-refractivity contribution in [3.63, 3.8) is 0 Å². The first kappa shape index (κ1) is 16.5. The number of carbonyl (C=O) groups is 1. The van der Waals surface area contributed by atoms with Crippen LogP contribution in [0.15, 0.2) is 21.9 Å². The van der Waals surface area contributed by atoms with Crippen LogP contribution in [0.5, 0.6) is 0 Å². The smallest absolute Gasteiger partial charge is 0.315 e. The van der Waals surface area contributed by atoms with Crippen LogP contribution in [0.25, 0.3) is 0 Å². The Morgan fingerprint density at radius 3 is 2.73 bits per heavy atom. The maximum atomic E-state index is 12.2. The number of hydrogen-bond acceptors (Lipinski definition) is 5. The van der Waals surface area contributed by atoms with Gasteiger partial charge >= 0.3 is 6.03 Å². The molecule has 0 aliphatic rings. The van der Waals surface area contributed by atoms with Gasteiger partial charge in [-0.3, -0.25) is 0 Å². The molecule has 0 saturated carbocycles. The second kappa shape index (κ2) is 7.42. The zero-order valence-electron chi connectivity index (χ0n) is 13.2. The van der Waals surface area contributed by atoms with Crippen LogP contribution in [0, 0.1) is 13.8 Å². The van der Waals surface area contributed by atoms with Gasteiger partial charge in [-0.1, -0.05) is 0 Å². The second-order valence-corrected chi connectivity index (χ2v) is 6.15. The Bertz CT molecular complexity index is 623. The number of methoxy groups -OCH3 is 1. The normalized spacial score (nSPS) is 13.6. The van der Waals surface area contributed by atoms with Crippen molar-refractivity contribution in [2.24, 2.45) is 0 Å². The van der Waals surface area contributed by atoms with Crippen molar-refractivity contribution >= 4 is 17.4 Å². The number of carbonyl (C=O) groups excluding carboxylic acids is 1. The summed E-state index contributed by atoms with van der Waals surface area (Å²) in [5.74, 6) is 1.47. The topological polar surface area (TPSA) is 76.4 Å². The summed E-state index contributed by atoms with van der Waals surface area (Å²) < 4.78 is 10.7. The highest BCUT2D eigenvalue weighted by Gasteiger charge is 2.19. The van der Waals surface area contributed by atoms with Crippen LogP contribution in [-0.4, -0.2) is 24.7 Å². The molecule has 0 bridgehead atoms. The number of urea groups is 1. The van der Waals surface area contributed by atoms with Gasteiger partial charge in [0.15, 0.2) is 0 Å². The molecule has 0 aliphatic heterocycles. The van der Waals surface area contributed by atoms with Crippen LogP contribution in [0.4, 0.5) is 4.79 Å². The molecule has 120 valence electrons. The molecule has 0 aliphatic carbocycles. The van der Waals surface area contributed by atoms with Gasteiger partial charge in [0, 0.05) is 12.5 Å². The first-order valence-electron chi connectivity index (χ1n) is 7.04. The van der Waals surface area contributed by atoms with E-state index in [0.717, 1.165) is 16.5 Å². The third-order valence-corrected chi connectivity index (χ3v) is 3.96. The Morgan fingerprint density at radius 2 is 2.18 bits per heavy atom. The van der Waals surface area contributed by atoms with Gasteiger partial charge in [0.05, 0.1) is 23.4 Å². The summed E-state index contributed by atoms with van der Waals surface area (Å²) in [4.78, 5) is 16.5. The minimum absolute atomic E-state index is 0.161. The fourth-order valence-electron chi connectivity index (χ4n) is 2.05. The molecular weight excluding hydrogens is 302 g/mol. The molecule has 2 amide bonds. The Morgan fingerprint density at radius 1 is 1.41 bits per heavy atom. The lowest BCUT2D eigenvalue weighted by Gasteiger charge is -2.18. The first-order chi connectivity index (χ1) is 10.5. The van der Waals surface area contributed by atoms with Crippen molar-refractivity contribution in [1.29, 1.82) is 0 Å². The van der Waals surface area contributed by atoms with Crippen molar-refractivity contribution in [3.05, 3.63) is 39.7 Å². The third kappa shape index (κ3) is 4.32. The molecule has 2 aromatic rings. The van der Waals surface area contributed by atoms with E-state index in [0.29, 0.717) is 12.4 Å². The number of rotatable bonds is 6. The molecule has 2 N–H and O–H groups in total. The molecular formula is C15H21N3O3S. The minimum atomic E-state index is -0.330. The zero-order valence-corrected chi connectivity index (χ0v) is 14.0. The van der Waals surface area contributed by atoms with Crippen molar-refractivity contribution in [3.8, 4) is 0 Å². The summed E-state index contributed by atoms with van der Waals surface area (Å²) in [6, 6.07) is 2.92. The highest BCUT2D eigenvalue weighted by Crippen LogP contribution is 2.18. The van der Waals surface area contributed by atoms with Crippen molar-refractivity contribution < 1.29 is 13.9 Å². The number of ether oxygens (including phenoxy) is 1. The highest BCUT2D eigenvalue weighted by molar-refractivity contribution is 7.09. The molecule has 6 nitrogen and oxygen atoms in total. The lowest BCUT2D eigenvalue weighted by atomic mass is 10.2. The van der Waals surface area contributed by atoms with E-state index >= 15 is 0 Å². The maximum absolute atomic E-state index is 12.2. The average molecular weight is 323 g/mol. The van der Waals surface area contributed by atoms with Crippen LogP contribution in [0.2, 0.25) is 0 Å². The SMILES string of the molecule is COC[C@H](NC(=O)N[C@@H](C)c1csc(C)n1)c1ccc(C)o1. The van der Waals surface area contributed by atoms with E-state index in [4.69, 9.17) is 9.15 Å². The molecule has 0 radical (unpaired) electrons. The van der Waals surface area contributed by atoms with Crippen LogP contribution < -0.4 is 10.6 Å². The van der Waals surface area contributed by atoms with E-state index in [9.17, 15) is 4.79 Å². The standard InChI is InChI=1S/C15H21N3O3S/c1-9-5-6-14(21-9)12(7-20-4)18-15(19)16-10(2)13-8-22-11(3)17-13/h5-6,8,10,12H,7H2,1-4H3,(H2,16,18,19)/t10-,12-/m0/s1. The number of amides is 2. The molecule has 2 aromatic heterocycles. The zero-order chi connectivity index (χ0) is 16.1. The van der Waals surface area contributed by atoms with Gasteiger partial charge in [-0.15, -0.1) is 11.3 Å². The van der Waals surface area contributed by atoms with Gasteiger partial charge in [-0.05, 0) is 32.9 Å². The van der Waals surface area contributed by atoms with Crippen molar-refractivity contribution in [2.45, 2.75) is 32.9 Å². The lowest BCUT2D eigenvalue weighted by Crippen LogP contribution is -2.40. The quantitative estimate of drug-likeness (QED) is 0.856. The van der Waals surface area contributed by atoms with Crippen LogP contribution in [0.3, 0.4) is 0 Å². The van der Waals surface area contributed by atoms with Gasteiger partial charge < -0.3 is 19.8 Å². The molecule has 2 rings (SSSR count). The van der Waals surface area contributed by atoms with E-state index in [-0.39, 0.29) is 18.1 Å². The van der Waals surface area contributed by atoms with Gasteiger partial charge in [-0.2, -0.15) is 0 Å². The Labute approximate surface area is 133 Å². The molecule has 0 spiro atoms. The summed E-state index contributed by atoms with van der Waals surface area (Å²) in [6.07, 6.45) is 0. The van der Waals surface area contributed by atoms with E-state index in [1.165, 1.54) is 0 Å². The molecule has 2 atom stereocenters. The Balaban J connectivity index is 1.96. The minimum Gasteiger partial charge on any atom is -0.464 e. The Hall–Kier alpha value is -1.86. The van der Waals surface area contributed by atoms with Gasteiger partial charge in [-0.25, -0.2) is 9.78 Å². The summed E-state index contributed by atoms with van der Waals surface area (Å²) in [5.41, 5.74) is 0.856. The predicted molar refractivity (Wildman–Crippen MR) is 85.0 cm³/mol. The molecule has 2 heterocycles. The third-order valence-electron chi connectivity index (χ3n) is 3.17.